The van der Waals surface area contributed by atoms with Crippen molar-refractivity contribution in [3.05, 3.63) is 118 Å². The molecule has 4 rings (SSSR count). The molecule has 0 bridgehead atoms. The van der Waals surface area contributed by atoms with E-state index >= 15 is 0 Å². The lowest BCUT2D eigenvalue weighted by atomic mass is 10.0. The number of aromatic nitrogens is 2. The summed E-state index contributed by atoms with van der Waals surface area (Å²) in [4.78, 5) is 0. The molecule has 3 aromatic rings. The number of benzene rings is 2. The summed E-state index contributed by atoms with van der Waals surface area (Å²) in [6.45, 7) is 4.07. The fourth-order valence-electron chi connectivity index (χ4n) is 3.56. The number of hydrogen-bond donors (Lipinski definition) is 0. The largest absolute Gasteiger partial charge is 0.172 e. The quantitative estimate of drug-likeness (QED) is 0.365. The summed E-state index contributed by atoms with van der Waals surface area (Å²) in [5.41, 5.74) is 8.87. The van der Waals surface area contributed by atoms with Crippen LogP contribution >= 0.6 is 11.7 Å². The first-order valence-electron chi connectivity index (χ1n) is 10.8. The monoisotopic (exact) mass is 434 g/mol. The van der Waals surface area contributed by atoms with Crippen molar-refractivity contribution < 1.29 is 0 Å². The van der Waals surface area contributed by atoms with E-state index < -0.39 is 0 Å². The predicted molar refractivity (Wildman–Crippen MR) is 141 cm³/mol. The summed E-state index contributed by atoms with van der Waals surface area (Å²) >= 11 is 1.26. The van der Waals surface area contributed by atoms with Gasteiger partial charge in [0, 0.05) is 11.1 Å². The van der Waals surface area contributed by atoms with E-state index in [0.29, 0.717) is 0 Å². The zero-order valence-corrected chi connectivity index (χ0v) is 19.2. The Hall–Kier alpha value is -3.56. The smallest absolute Gasteiger partial charge is 0.112 e. The highest BCUT2D eigenvalue weighted by atomic mass is 32.1. The summed E-state index contributed by atoms with van der Waals surface area (Å²) in [7, 11) is 0. The zero-order valence-electron chi connectivity index (χ0n) is 18.4. The average Bonchev–Trinajstić information content (AvgIpc) is 3.20. The number of hydrogen-bond acceptors (Lipinski definition) is 3. The highest BCUT2D eigenvalue weighted by Gasteiger charge is 2.07. The molecule has 1 aliphatic carbocycles. The van der Waals surface area contributed by atoms with Crippen LogP contribution in [0.15, 0.2) is 96.2 Å². The van der Waals surface area contributed by atoms with E-state index in [9.17, 15) is 0 Å². The highest BCUT2D eigenvalue weighted by molar-refractivity contribution is 7.00. The van der Waals surface area contributed by atoms with E-state index in [1.165, 1.54) is 28.4 Å². The highest BCUT2D eigenvalue weighted by Crippen LogP contribution is 2.25. The molecule has 2 aromatic carbocycles. The van der Waals surface area contributed by atoms with Gasteiger partial charge in [0.25, 0.3) is 0 Å². The molecular formula is C29H26N2S. The van der Waals surface area contributed by atoms with E-state index in [4.69, 9.17) is 0 Å². The molecule has 2 nitrogen and oxygen atoms in total. The van der Waals surface area contributed by atoms with Crippen molar-refractivity contribution in [3.8, 4) is 0 Å². The Labute approximate surface area is 194 Å². The molecule has 0 radical (unpaired) electrons. The van der Waals surface area contributed by atoms with Gasteiger partial charge in [-0.25, -0.2) is 0 Å². The van der Waals surface area contributed by atoms with Gasteiger partial charge >= 0.3 is 0 Å². The van der Waals surface area contributed by atoms with Crippen molar-refractivity contribution in [1.82, 2.24) is 8.75 Å². The van der Waals surface area contributed by atoms with Gasteiger partial charge < -0.3 is 0 Å². The second kappa shape index (κ2) is 10.7. The lowest BCUT2D eigenvalue weighted by Crippen LogP contribution is -1.83. The number of allylic oxidation sites excluding steroid dienone is 10. The van der Waals surface area contributed by atoms with Gasteiger partial charge in [-0.1, -0.05) is 109 Å². The molecule has 0 aliphatic heterocycles. The minimum atomic E-state index is 0.930. The van der Waals surface area contributed by atoms with Gasteiger partial charge in [-0.15, -0.1) is 0 Å². The number of nitrogens with zero attached hydrogens (tertiary/aromatic N) is 2. The van der Waals surface area contributed by atoms with Crippen LogP contribution in [0.2, 0.25) is 0 Å². The lowest BCUT2D eigenvalue weighted by Gasteiger charge is -2.01. The Morgan fingerprint density at radius 2 is 1.16 bits per heavy atom. The van der Waals surface area contributed by atoms with Crippen LogP contribution in [0.25, 0.3) is 35.3 Å². The summed E-state index contributed by atoms with van der Waals surface area (Å²) in [5.74, 6) is 0. The van der Waals surface area contributed by atoms with Gasteiger partial charge in [-0.2, -0.15) is 8.75 Å². The van der Waals surface area contributed by atoms with Gasteiger partial charge in [0.05, 0.1) is 11.7 Å². The summed E-state index contributed by atoms with van der Waals surface area (Å²) in [6.07, 6.45) is 26.6. The van der Waals surface area contributed by atoms with Crippen LogP contribution in [0.4, 0.5) is 0 Å². The van der Waals surface area contributed by atoms with E-state index in [-0.39, 0.29) is 0 Å². The van der Waals surface area contributed by atoms with Crippen molar-refractivity contribution in [1.29, 1.82) is 0 Å². The third kappa shape index (κ3) is 5.37. The Morgan fingerprint density at radius 1 is 0.625 bits per heavy atom. The molecule has 0 unspecified atom stereocenters. The lowest BCUT2D eigenvalue weighted by molar-refractivity contribution is 1.36. The van der Waals surface area contributed by atoms with Crippen LogP contribution in [-0.2, 0) is 0 Å². The van der Waals surface area contributed by atoms with Gasteiger partial charge in [-0.05, 0) is 42.5 Å². The first-order valence-corrected chi connectivity index (χ1v) is 11.5. The molecule has 0 saturated heterocycles. The maximum Gasteiger partial charge on any atom is 0.112 e. The topological polar surface area (TPSA) is 25.8 Å². The van der Waals surface area contributed by atoms with Crippen molar-refractivity contribution in [2.75, 3.05) is 0 Å². The minimum absolute atomic E-state index is 0.930. The standard InChI is InChI=1S/C29H26N2S/c1-3-6-22-8-5-9-24(13-10-22)16-18-26-20-21-27(29-28(26)30-32-31-29)19-17-25-14-11-23(7-4-2)12-15-25/h3-4,6-21H,5H2,1-2H3/b6-3+,7-4+,18-16+,19-17+. The first kappa shape index (κ1) is 21.7. The molecule has 3 heteroatoms. The Kier molecular flexibility index (Phi) is 7.21. The fraction of sp³-hybridized carbons (Fsp3) is 0.103. The second-order valence-corrected chi connectivity index (χ2v) is 8.04. The fourth-order valence-corrected chi connectivity index (χ4v) is 4.14. The van der Waals surface area contributed by atoms with Crippen LogP contribution in [-0.4, -0.2) is 8.75 Å². The molecule has 158 valence electrons. The molecule has 0 amide bonds. The summed E-state index contributed by atoms with van der Waals surface area (Å²) < 4.78 is 9.13. The van der Waals surface area contributed by atoms with E-state index in [1.54, 1.807) is 0 Å². The third-order valence-corrected chi connectivity index (χ3v) is 5.75. The first-order chi connectivity index (χ1) is 15.8. The maximum atomic E-state index is 4.57. The molecule has 1 aromatic heterocycles. The van der Waals surface area contributed by atoms with Crippen LogP contribution in [0.3, 0.4) is 0 Å². The average molecular weight is 435 g/mol. The molecule has 0 fully saturated rings. The van der Waals surface area contributed by atoms with Crippen molar-refractivity contribution >= 4 is 47.1 Å². The van der Waals surface area contributed by atoms with Gasteiger partial charge in [0.15, 0.2) is 0 Å². The van der Waals surface area contributed by atoms with Gasteiger partial charge in [-0.3, -0.25) is 0 Å². The van der Waals surface area contributed by atoms with E-state index in [2.05, 4.69) is 112 Å². The molecule has 0 saturated carbocycles. The van der Waals surface area contributed by atoms with Crippen LogP contribution < -0.4 is 0 Å². The molecule has 0 spiro atoms. The summed E-state index contributed by atoms with van der Waals surface area (Å²) in [6, 6.07) is 12.8. The predicted octanol–water partition coefficient (Wildman–Crippen LogP) is 8.30. The Morgan fingerprint density at radius 3 is 1.75 bits per heavy atom. The maximum absolute atomic E-state index is 4.57. The van der Waals surface area contributed by atoms with E-state index in [0.717, 1.165) is 34.1 Å². The zero-order chi connectivity index (χ0) is 22.2. The molecular weight excluding hydrogens is 408 g/mol. The van der Waals surface area contributed by atoms with Crippen LogP contribution in [0.5, 0.6) is 0 Å². The Balaban J connectivity index is 1.54. The Bertz CT molecular complexity index is 1290. The third-order valence-electron chi connectivity index (χ3n) is 5.22. The molecule has 1 aliphatic rings. The molecule has 0 N–H and O–H groups in total. The van der Waals surface area contributed by atoms with Gasteiger partial charge in [0.1, 0.15) is 11.0 Å². The second-order valence-electron chi connectivity index (χ2n) is 7.52. The number of rotatable bonds is 6. The van der Waals surface area contributed by atoms with Gasteiger partial charge in [0.2, 0.25) is 0 Å². The minimum Gasteiger partial charge on any atom is -0.172 e. The molecule has 0 atom stereocenters. The van der Waals surface area contributed by atoms with Crippen LogP contribution in [0, 0.1) is 0 Å². The SMILES string of the molecule is C/C=C/C1=CCC=C(/C=C/c2ccc(/C=C/c3ccc(/C=C/C)cc3)c3nsnc23)C=C1. The molecule has 32 heavy (non-hydrogen) atoms. The molecule has 1 heterocycles. The van der Waals surface area contributed by atoms with Crippen molar-refractivity contribution in [2.24, 2.45) is 0 Å². The number of fused-ring (bicyclic) bond motifs is 1. The summed E-state index contributed by atoms with van der Waals surface area (Å²) in [5, 5.41) is 0. The van der Waals surface area contributed by atoms with Crippen molar-refractivity contribution in [3.63, 3.8) is 0 Å². The normalized spacial score (nSPS) is 14.8. The van der Waals surface area contributed by atoms with E-state index in [1.807, 2.05) is 19.9 Å². The van der Waals surface area contributed by atoms with Crippen LogP contribution in [0.1, 0.15) is 42.5 Å². The van der Waals surface area contributed by atoms with Crippen molar-refractivity contribution in [2.45, 2.75) is 20.3 Å².